The van der Waals surface area contributed by atoms with Crippen molar-refractivity contribution in [3.8, 4) is 0 Å². The Morgan fingerprint density at radius 2 is 1.85 bits per heavy atom. The van der Waals surface area contributed by atoms with Crippen LogP contribution < -0.4 is 10.2 Å². The highest BCUT2D eigenvalue weighted by Crippen LogP contribution is 2.24. The van der Waals surface area contributed by atoms with Gasteiger partial charge in [-0.25, -0.2) is 9.97 Å². The van der Waals surface area contributed by atoms with E-state index in [0.717, 1.165) is 38.8 Å². The third-order valence-corrected chi connectivity index (χ3v) is 6.35. The monoisotopic (exact) mass is 454 g/mol. The van der Waals surface area contributed by atoms with Crippen LogP contribution in [0, 0.1) is 17.0 Å². The van der Waals surface area contributed by atoms with Crippen LogP contribution in [0.5, 0.6) is 0 Å². The van der Waals surface area contributed by atoms with Gasteiger partial charge in [-0.15, -0.1) is 0 Å². The van der Waals surface area contributed by atoms with Crippen molar-refractivity contribution in [3.05, 3.63) is 52.3 Å². The highest BCUT2D eigenvalue weighted by atomic mass is 16.6. The van der Waals surface area contributed by atoms with Gasteiger partial charge < -0.3 is 19.9 Å². The third kappa shape index (κ3) is 5.95. The molecule has 1 amide bonds. The number of hydrogen-bond donors (Lipinski definition) is 1. The van der Waals surface area contributed by atoms with Gasteiger partial charge in [0.15, 0.2) is 0 Å². The first-order valence-corrected chi connectivity index (χ1v) is 11.4. The van der Waals surface area contributed by atoms with Crippen molar-refractivity contribution in [2.75, 3.05) is 43.0 Å². The molecule has 1 saturated heterocycles. The minimum Gasteiger partial charge on any atom is -0.368 e. The summed E-state index contributed by atoms with van der Waals surface area (Å²) in [4.78, 5) is 35.5. The van der Waals surface area contributed by atoms with Crippen LogP contribution in [0.2, 0.25) is 0 Å². The molecule has 33 heavy (non-hydrogen) atoms. The second kappa shape index (κ2) is 10.6. The molecule has 10 nitrogen and oxygen atoms in total. The molecular weight excluding hydrogens is 424 g/mol. The van der Waals surface area contributed by atoms with E-state index in [0.29, 0.717) is 24.7 Å². The maximum atomic E-state index is 12.6. The zero-order valence-electron chi connectivity index (χ0n) is 18.9. The van der Waals surface area contributed by atoms with Gasteiger partial charge in [-0.3, -0.25) is 14.9 Å². The van der Waals surface area contributed by atoms with Crippen LogP contribution in [0.15, 0.2) is 36.5 Å². The number of para-hydroxylation sites is 1. The number of amides is 1. The number of nitrogens with zero attached hydrogens (tertiary/aromatic N) is 5. The number of nitrogens with one attached hydrogen (secondary N) is 1. The van der Waals surface area contributed by atoms with Gasteiger partial charge in [0.1, 0.15) is 18.5 Å². The van der Waals surface area contributed by atoms with Gasteiger partial charge in [-0.05, 0) is 44.7 Å². The van der Waals surface area contributed by atoms with Gasteiger partial charge in [0.05, 0.1) is 11.0 Å². The van der Waals surface area contributed by atoms with E-state index in [1.165, 1.54) is 11.9 Å². The molecule has 0 spiro atoms. The second-order valence-corrected chi connectivity index (χ2v) is 8.55. The topological polar surface area (TPSA) is 114 Å². The summed E-state index contributed by atoms with van der Waals surface area (Å²) in [5.74, 6) is 0.463. The van der Waals surface area contributed by atoms with E-state index in [2.05, 4.69) is 32.3 Å². The number of hydrogen-bond acceptors (Lipinski definition) is 8. The van der Waals surface area contributed by atoms with Crippen LogP contribution in [-0.4, -0.2) is 70.6 Å². The number of anilines is 2. The molecule has 1 aliphatic heterocycles. The Labute approximate surface area is 193 Å². The summed E-state index contributed by atoms with van der Waals surface area (Å²) in [5, 5.41) is 14.2. The Morgan fingerprint density at radius 1 is 1.15 bits per heavy atom. The van der Waals surface area contributed by atoms with Crippen molar-refractivity contribution in [1.29, 1.82) is 0 Å². The average molecular weight is 455 g/mol. The molecule has 2 aliphatic rings. The number of nitro groups is 1. The Balaban J connectivity index is 1.16. The summed E-state index contributed by atoms with van der Waals surface area (Å²) in [6.45, 7) is 4.81. The van der Waals surface area contributed by atoms with E-state index in [4.69, 9.17) is 4.74 Å². The van der Waals surface area contributed by atoms with E-state index in [9.17, 15) is 14.9 Å². The molecule has 0 bridgehead atoms. The molecule has 0 unspecified atom stereocenters. The largest absolute Gasteiger partial charge is 0.368 e. The molecule has 2 aromatic rings. The van der Waals surface area contributed by atoms with E-state index < -0.39 is 4.92 Å². The summed E-state index contributed by atoms with van der Waals surface area (Å²) in [5.41, 5.74) is 1.46. The predicted molar refractivity (Wildman–Crippen MR) is 124 cm³/mol. The molecular formula is C23H30N6O4. The number of aromatic nitrogens is 2. The number of aryl methyl sites for hydroxylation is 1. The molecule has 1 aliphatic carbocycles. The first kappa shape index (κ1) is 22.9. The fourth-order valence-electron chi connectivity index (χ4n) is 4.40. The molecule has 0 atom stereocenters. The van der Waals surface area contributed by atoms with Crippen molar-refractivity contribution in [2.24, 2.45) is 0 Å². The fraction of sp³-hybridized carbons (Fsp3) is 0.522. The smallest absolute Gasteiger partial charge is 0.308 e. The Morgan fingerprint density at radius 3 is 2.48 bits per heavy atom. The number of carbonyl (C=O) groups excluding carboxylic acids is 1. The predicted octanol–water partition coefficient (Wildman–Crippen LogP) is 2.78. The number of benzene rings is 1. The second-order valence-electron chi connectivity index (χ2n) is 8.55. The SMILES string of the molecule is Cc1nc(NC2CCC(OCC(=O)N3CCN(c4ccccc4)CC3)CC2)ncc1[N+](=O)[O-]. The highest BCUT2D eigenvalue weighted by Gasteiger charge is 2.26. The maximum Gasteiger partial charge on any atom is 0.308 e. The minimum absolute atomic E-state index is 0.0534. The fourth-order valence-corrected chi connectivity index (χ4v) is 4.40. The van der Waals surface area contributed by atoms with Crippen molar-refractivity contribution in [3.63, 3.8) is 0 Å². The lowest BCUT2D eigenvalue weighted by Crippen LogP contribution is -2.50. The van der Waals surface area contributed by atoms with E-state index >= 15 is 0 Å². The van der Waals surface area contributed by atoms with Crippen LogP contribution in [-0.2, 0) is 9.53 Å². The van der Waals surface area contributed by atoms with Crippen LogP contribution in [0.1, 0.15) is 31.4 Å². The van der Waals surface area contributed by atoms with Crippen LogP contribution in [0.25, 0.3) is 0 Å². The number of rotatable bonds is 7. The molecule has 1 saturated carbocycles. The van der Waals surface area contributed by atoms with E-state index in [1.807, 2.05) is 23.1 Å². The Hall–Kier alpha value is -3.27. The van der Waals surface area contributed by atoms with Crippen LogP contribution in [0.3, 0.4) is 0 Å². The molecule has 1 aromatic carbocycles. The summed E-state index contributed by atoms with van der Waals surface area (Å²) in [6.07, 6.45) is 4.74. The first-order chi connectivity index (χ1) is 16.0. The van der Waals surface area contributed by atoms with Crippen molar-refractivity contribution < 1.29 is 14.5 Å². The summed E-state index contributed by atoms with van der Waals surface area (Å²) in [7, 11) is 0. The molecule has 176 valence electrons. The van der Waals surface area contributed by atoms with Gasteiger partial charge in [-0.2, -0.15) is 0 Å². The number of carbonyl (C=O) groups is 1. The lowest BCUT2D eigenvalue weighted by atomic mass is 9.93. The van der Waals surface area contributed by atoms with E-state index in [1.54, 1.807) is 6.92 Å². The van der Waals surface area contributed by atoms with Gasteiger partial charge in [0, 0.05) is 37.9 Å². The molecule has 2 fully saturated rings. The molecule has 10 heteroatoms. The number of piperazine rings is 1. The zero-order valence-corrected chi connectivity index (χ0v) is 18.9. The molecule has 2 heterocycles. The van der Waals surface area contributed by atoms with Crippen LogP contribution >= 0.6 is 0 Å². The quantitative estimate of drug-likeness (QED) is 0.502. The van der Waals surface area contributed by atoms with Crippen molar-refractivity contribution in [1.82, 2.24) is 14.9 Å². The number of ether oxygens (including phenoxy) is 1. The maximum absolute atomic E-state index is 12.6. The average Bonchev–Trinajstić information content (AvgIpc) is 2.84. The lowest BCUT2D eigenvalue weighted by molar-refractivity contribution is -0.386. The summed E-state index contributed by atoms with van der Waals surface area (Å²) >= 11 is 0. The van der Waals surface area contributed by atoms with Gasteiger partial charge in [-0.1, -0.05) is 18.2 Å². The minimum atomic E-state index is -0.480. The third-order valence-electron chi connectivity index (χ3n) is 6.35. The zero-order chi connectivity index (χ0) is 23.2. The van der Waals surface area contributed by atoms with Gasteiger partial charge in [0.2, 0.25) is 11.9 Å². The Bertz CT molecular complexity index is 957. The molecule has 4 rings (SSSR count). The summed E-state index contributed by atoms with van der Waals surface area (Å²) < 4.78 is 5.93. The highest BCUT2D eigenvalue weighted by molar-refractivity contribution is 5.77. The lowest BCUT2D eigenvalue weighted by Gasteiger charge is -2.36. The standard InChI is InChI=1S/C23H30N6O4/c1-17-21(29(31)32)15-24-23(25-17)26-18-7-9-20(10-8-18)33-16-22(30)28-13-11-27(12-14-28)19-5-3-2-4-6-19/h2-6,15,18,20H,7-14,16H2,1H3,(H,24,25,26). The first-order valence-electron chi connectivity index (χ1n) is 11.4. The summed E-state index contributed by atoms with van der Waals surface area (Å²) in [6, 6.07) is 10.5. The molecule has 1 aromatic heterocycles. The van der Waals surface area contributed by atoms with Gasteiger partial charge >= 0.3 is 5.69 Å². The molecule has 0 radical (unpaired) electrons. The molecule has 1 N–H and O–H groups in total. The Kier molecular flexibility index (Phi) is 7.33. The van der Waals surface area contributed by atoms with Crippen molar-refractivity contribution in [2.45, 2.75) is 44.8 Å². The van der Waals surface area contributed by atoms with Crippen LogP contribution in [0.4, 0.5) is 17.3 Å². The van der Waals surface area contributed by atoms with Crippen molar-refractivity contribution >= 4 is 23.2 Å². The van der Waals surface area contributed by atoms with Gasteiger partial charge in [0.25, 0.3) is 0 Å². The van der Waals surface area contributed by atoms with E-state index in [-0.39, 0.29) is 30.3 Å². The normalized spacial score (nSPS) is 21.0.